The maximum absolute atomic E-state index is 13.0. The molecule has 0 radical (unpaired) electrons. The molecule has 0 aliphatic heterocycles. The Morgan fingerprint density at radius 3 is 2.42 bits per heavy atom. The molecule has 0 bridgehead atoms. The van der Waals surface area contributed by atoms with Crippen molar-refractivity contribution in [3.8, 4) is 0 Å². The second kappa shape index (κ2) is 6.01. The second-order valence-corrected chi connectivity index (χ2v) is 10.7. The van der Waals surface area contributed by atoms with Crippen LogP contribution in [0, 0.1) is 16.7 Å². The van der Waals surface area contributed by atoms with Gasteiger partial charge in [0, 0.05) is 0 Å². The minimum Gasteiger partial charge on any atom is -0.223 e. The van der Waals surface area contributed by atoms with Gasteiger partial charge in [-0.2, -0.15) is 0 Å². The molecular formula is C21H30O2S. The summed E-state index contributed by atoms with van der Waals surface area (Å²) in [6.07, 6.45) is 5.82. The third-order valence-corrected chi connectivity index (χ3v) is 8.34. The predicted molar refractivity (Wildman–Crippen MR) is 99.7 cm³/mol. The average Bonchev–Trinajstić information content (AvgIpc) is 2.51. The first-order chi connectivity index (χ1) is 11.2. The predicted octanol–water partition coefficient (Wildman–Crippen LogP) is 5.40. The maximum atomic E-state index is 13.0. The van der Waals surface area contributed by atoms with E-state index in [9.17, 15) is 8.42 Å². The van der Waals surface area contributed by atoms with Gasteiger partial charge >= 0.3 is 0 Å². The molecule has 0 unspecified atom stereocenters. The molecule has 3 rings (SSSR count). The Kier molecular flexibility index (Phi) is 4.44. The Morgan fingerprint density at radius 1 is 1.08 bits per heavy atom. The number of benzene rings is 1. The van der Waals surface area contributed by atoms with Crippen molar-refractivity contribution in [3.63, 3.8) is 0 Å². The van der Waals surface area contributed by atoms with Crippen molar-refractivity contribution in [2.75, 3.05) is 5.75 Å². The van der Waals surface area contributed by atoms with E-state index < -0.39 is 9.84 Å². The quantitative estimate of drug-likeness (QED) is 0.686. The molecule has 0 amide bonds. The van der Waals surface area contributed by atoms with E-state index >= 15 is 0 Å². The van der Waals surface area contributed by atoms with Gasteiger partial charge in [0.1, 0.15) is 0 Å². The minimum absolute atomic E-state index is 0.0337. The normalized spacial score (nSPS) is 30.1. The highest BCUT2D eigenvalue weighted by atomic mass is 32.2. The summed E-state index contributed by atoms with van der Waals surface area (Å²) in [5.74, 6) is 0.773. The van der Waals surface area contributed by atoms with E-state index in [1.165, 1.54) is 30.4 Å². The lowest BCUT2D eigenvalue weighted by molar-refractivity contribution is 0.0131. The largest absolute Gasteiger partial charge is 0.223 e. The number of hydrogen-bond donors (Lipinski definition) is 0. The average molecular weight is 347 g/mol. The van der Waals surface area contributed by atoms with Crippen LogP contribution in [0.4, 0.5) is 0 Å². The van der Waals surface area contributed by atoms with E-state index in [4.69, 9.17) is 0 Å². The van der Waals surface area contributed by atoms with Crippen molar-refractivity contribution >= 4 is 9.84 Å². The molecule has 0 N–H and O–H groups in total. The Morgan fingerprint density at radius 2 is 1.75 bits per heavy atom. The number of sulfone groups is 1. The highest BCUT2D eigenvalue weighted by Gasteiger charge is 2.50. The van der Waals surface area contributed by atoms with Crippen LogP contribution in [-0.2, 0) is 9.84 Å². The summed E-state index contributed by atoms with van der Waals surface area (Å²) < 4.78 is 26.0. The Hall–Kier alpha value is -1.09. The third-order valence-electron chi connectivity index (χ3n) is 6.68. The van der Waals surface area contributed by atoms with Crippen LogP contribution in [0.5, 0.6) is 0 Å². The van der Waals surface area contributed by atoms with Crippen molar-refractivity contribution in [1.82, 2.24) is 0 Å². The van der Waals surface area contributed by atoms with Crippen LogP contribution in [0.1, 0.15) is 59.8 Å². The molecule has 1 saturated carbocycles. The van der Waals surface area contributed by atoms with Gasteiger partial charge in [0.15, 0.2) is 9.84 Å². The van der Waals surface area contributed by atoms with E-state index in [0.29, 0.717) is 16.2 Å². The van der Waals surface area contributed by atoms with Crippen molar-refractivity contribution in [1.29, 1.82) is 0 Å². The third kappa shape index (κ3) is 2.96. The molecule has 0 saturated heterocycles. The molecule has 132 valence electrons. The second-order valence-electron chi connectivity index (χ2n) is 8.68. The highest BCUT2D eigenvalue weighted by Crippen LogP contribution is 2.59. The van der Waals surface area contributed by atoms with Gasteiger partial charge in [-0.05, 0) is 67.1 Å². The van der Waals surface area contributed by atoms with Crippen LogP contribution in [0.15, 0.2) is 46.4 Å². The Bertz CT molecular complexity index is 743. The SMILES string of the molecule is CC1=C(CS(=O)(=O)c2ccccc2)[C@]2(C)CCCC(C)(C)[C@H]2CC1. The lowest BCUT2D eigenvalue weighted by atomic mass is 9.50. The van der Waals surface area contributed by atoms with E-state index in [1.807, 2.05) is 18.2 Å². The molecular weight excluding hydrogens is 316 g/mol. The molecule has 2 aliphatic carbocycles. The maximum Gasteiger partial charge on any atom is 0.182 e. The minimum atomic E-state index is -3.28. The van der Waals surface area contributed by atoms with Gasteiger partial charge in [-0.3, -0.25) is 0 Å². The van der Waals surface area contributed by atoms with Crippen molar-refractivity contribution in [2.45, 2.75) is 64.7 Å². The van der Waals surface area contributed by atoms with E-state index in [-0.39, 0.29) is 11.2 Å². The van der Waals surface area contributed by atoms with Crippen LogP contribution in [-0.4, -0.2) is 14.2 Å². The molecule has 3 heteroatoms. The van der Waals surface area contributed by atoms with Gasteiger partial charge in [0.25, 0.3) is 0 Å². The molecule has 2 nitrogen and oxygen atoms in total. The van der Waals surface area contributed by atoms with Crippen LogP contribution in [0.2, 0.25) is 0 Å². The molecule has 1 fully saturated rings. The van der Waals surface area contributed by atoms with Crippen molar-refractivity contribution in [2.24, 2.45) is 16.7 Å². The summed E-state index contributed by atoms with van der Waals surface area (Å²) in [6.45, 7) is 9.23. The fourth-order valence-electron chi connectivity index (χ4n) is 5.38. The van der Waals surface area contributed by atoms with Gasteiger partial charge in [0.05, 0.1) is 10.6 Å². The summed E-state index contributed by atoms with van der Waals surface area (Å²) in [5, 5.41) is 0. The first kappa shape index (κ1) is 17.7. The van der Waals surface area contributed by atoms with Gasteiger partial charge in [-0.25, -0.2) is 8.42 Å². The van der Waals surface area contributed by atoms with Crippen LogP contribution >= 0.6 is 0 Å². The standard InChI is InChI=1S/C21H30O2S/c1-16-11-12-19-20(2,3)13-8-14-21(19,4)18(16)15-24(22,23)17-9-6-5-7-10-17/h5-7,9-10,19H,8,11-15H2,1-4H3/t19-,21+/m1/s1. The zero-order chi connectivity index (χ0) is 17.6. The number of fused-ring (bicyclic) bond motifs is 1. The van der Waals surface area contributed by atoms with Crippen LogP contribution in [0.3, 0.4) is 0 Å². The molecule has 0 spiro atoms. The molecule has 0 heterocycles. The lowest BCUT2D eigenvalue weighted by Gasteiger charge is -2.55. The monoisotopic (exact) mass is 346 g/mol. The molecule has 2 aliphatic rings. The number of hydrogen-bond acceptors (Lipinski definition) is 2. The topological polar surface area (TPSA) is 34.1 Å². The summed E-state index contributed by atoms with van der Waals surface area (Å²) in [5.41, 5.74) is 2.85. The zero-order valence-corrected chi connectivity index (χ0v) is 16.2. The summed E-state index contributed by atoms with van der Waals surface area (Å²) in [6, 6.07) is 8.93. The lowest BCUT2D eigenvalue weighted by Crippen LogP contribution is -2.46. The van der Waals surface area contributed by atoms with Crippen molar-refractivity contribution < 1.29 is 8.42 Å². The summed E-state index contributed by atoms with van der Waals surface area (Å²) in [7, 11) is -3.28. The number of rotatable bonds is 3. The van der Waals surface area contributed by atoms with E-state index in [0.717, 1.165) is 12.8 Å². The summed E-state index contributed by atoms with van der Waals surface area (Å²) >= 11 is 0. The first-order valence-electron chi connectivity index (χ1n) is 9.14. The van der Waals surface area contributed by atoms with Gasteiger partial charge in [-0.1, -0.05) is 51.0 Å². The van der Waals surface area contributed by atoms with E-state index in [2.05, 4.69) is 27.7 Å². The molecule has 0 aromatic heterocycles. The van der Waals surface area contributed by atoms with E-state index in [1.54, 1.807) is 12.1 Å². The fourth-order valence-corrected chi connectivity index (χ4v) is 7.08. The molecule has 24 heavy (non-hydrogen) atoms. The molecule has 1 aromatic carbocycles. The van der Waals surface area contributed by atoms with Crippen LogP contribution in [0.25, 0.3) is 0 Å². The van der Waals surface area contributed by atoms with Crippen molar-refractivity contribution in [3.05, 3.63) is 41.5 Å². The highest BCUT2D eigenvalue weighted by molar-refractivity contribution is 7.91. The van der Waals surface area contributed by atoms with Gasteiger partial charge in [-0.15, -0.1) is 0 Å². The zero-order valence-electron chi connectivity index (χ0n) is 15.4. The Labute approximate surface area is 147 Å². The molecule has 1 aromatic rings. The van der Waals surface area contributed by atoms with Gasteiger partial charge < -0.3 is 0 Å². The Balaban J connectivity index is 2.00. The van der Waals surface area contributed by atoms with Crippen LogP contribution < -0.4 is 0 Å². The smallest absolute Gasteiger partial charge is 0.182 e. The fraction of sp³-hybridized carbons (Fsp3) is 0.619. The number of allylic oxidation sites excluding steroid dienone is 1. The van der Waals surface area contributed by atoms with Gasteiger partial charge in [0.2, 0.25) is 0 Å². The molecule has 2 atom stereocenters. The first-order valence-corrected chi connectivity index (χ1v) is 10.8. The summed E-state index contributed by atoms with van der Waals surface area (Å²) in [4.78, 5) is 0.450.